The van der Waals surface area contributed by atoms with E-state index in [1.165, 1.54) is 47.4 Å². The van der Waals surface area contributed by atoms with Crippen LogP contribution in [0.5, 0.6) is 5.75 Å². The van der Waals surface area contributed by atoms with Crippen LogP contribution in [-0.4, -0.2) is 68.3 Å². The van der Waals surface area contributed by atoms with Gasteiger partial charge in [-0.25, -0.2) is 8.42 Å². The van der Waals surface area contributed by atoms with E-state index in [2.05, 4.69) is 53.7 Å². The second-order valence-corrected chi connectivity index (χ2v) is 13.6. The van der Waals surface area contributed by atoms with Crippen molar-refractivity contribution in [3.63, 3.8) is 0 Å². The molecule has 42 heavy (non-hydrogen) atoms. The van der Waals surface area contributed by atoms with Crippen LogP contribution >= 0.6 is 0 Å². The zero-order valence-electron chi connectivity index (χ0n) is 24.9. The first-order chi connectivity index (χ1) is 20.1. The minimum absolute atomic E-state index is 0.400. The van der Waals surface area contributed by atoms with Crippen LogP contribution in [0.3, 0.4) is 0 Å². The predicted octanol–water partition coefficient (Wildman–Crippen LogP) is 5.67. The van der Waals surface area contributed by atoms with Gasteiger partial charge in [0, 0.05) is 18.8 Å². The maximum Gasteiger partial charge on any atom is 0.232 e. The van der Waals surface area contributed by atoms with Gasteiger partial charge in [0.1, 0.15) is 17.2 Å². The highest BCUT2D eigenvalue weighted by atomic mass is 32.2. The highest BCUT2D eigenvalue weighted by Crippen LogP contribution is 2.41. The van der Waals surface area contributed by atoms with Crippen molar-refractivity contribution in [3.8, 4) is 5.75 Å². The number of nitrogens with one attached hydrogen (secondary N) is 3. The van der Waals surface area contributed by atoms with Crippen LogP contribution in [0.2, 0.25) is 0 Å². The average molecular weight is 590 g/mol. The number of benzene rings is 2. The first-order valence-corrected chi connectivity index (χ1v) is 16.3. The van der Waals surface area contributed by atoms with Crippen LogP contribution in [-0.2, 0) is 16.4 Å². The van der Waals surface area contributed by atoms with Crippen molar-refractivity contribution in [3.05, 3.63) is 59.3 Å². The third kappa shape index (κ3) is 5.38. The van der Waals surface area contributed by atoms with Crippen LogP contribution in [0.25, 0.3) is 11.0 Å². The quantitative estimate of drug-likeness (QED) is 0.241. The van der Waals surface area contributed by atoms with Crippen molar-refractivity contribution in [2.75, 3.05) is 48.9 Å². The summed E-state index contributed by atoms with van der Waals surface area (Å²) in [6.45, 7) is 2.58. The Bertz CT molecular complexity index is 1730. The number of nitrogens with zero attached hydrogens (tertiary/aromatic N) is 4. The maximum atomic E-state index is 12.5. The average Bonchev–Trinajstić information content (AvgIpc) is 3.61. The van der Waals surface area contributed by atoms with E-state index < -0.39 is 10.0 Å². The van der Waals surface area contributed by atoms with Crippen molar-refractivity contribution in [1.29, 1.82) is 0 Å². The Morgan fingerprint density at radius 1 is 1.05 bits per heavy atom. The van der Waals surface area contributed by atoms with E-state index in [0.29, 0.717) is 53.7 Å². The van der Waals surface area contributed by atoms with Crippen molar-refractivity contribution in [1.82, 2.24) is 19.9 Å². The van der Waals surface area contributed by atoms with E-state index in [1.807, 2.05) is 30.5 Å². The summed E-state index contributed by atoms with van der Waals surface area (Å²) >= 11 is 0. The van der Waals surface area contributed by atoms with Gasteiger partial charge in [0.25, 0.3) is 0 Å². The molecule has 0 bridgehead atoms. The fourth-order valence-corrected chi connectivity index (χ4v) is 7.48. The summed E-state index contributed by atoms with van der Waals surface area (Å²) in [5, 5.41) is 7.60. The lowest BCUT2D eigenvalue weighted by Gasteiger charge is -2.33. The number of aryl methyl sites for hydroxylation is 1. The van der Waals surface area contributed by atoms with Crippen LogP contribution in [0.15, 0.2) is 42.6 Å². The highest BCUT2D eigenvalue weighted by molar-refractivity contribution is 7.92. The number of aromatic amines is 1. The molecule has 2 aliphatic rings. The summed E-state index contributed by atoms with van der Waals surface area (Å²) < 4.78 is 32.4. The number of sulfonamides is 1. The number of para-hydroxylation sites is 1. The molecule has 0 saturated heterocycles. The number of anilines is 5. The molecule has 10 nitrogen and oxygen atoms in total. The number of fused-ring (bicyclic) bond motifs is 2. The molecule has 2 aromatic heterocycles. The molecule has 222 valence electrons. The van der Waals surface area contributed by atoms with Crippen LogP contribution in [0, 0.1) is 6.92 Å². The SMILES string of the molecule is COc1cc(C2CCC(N(C)C)CC2)c(C)cc1Nc1nc(Nc2cccc3c2N(S(C)(=O)=O)CC3)c2cc[nH]c2n1. The van der Waals surface area contributed by atoms with Gasteiger partial charge in [-0.15, -0.1) is 0 Å². The Morgan fingerprint density at radius 3 is 2.55 bits per heavy atom. The second-order valence-electron chi connectivity index (χ2n) is 11.7. The van der Waals surface area contributed by atoms with Gasteiger partial charge in [-0.1, -0.05) is 12.1 Å². The molecule has 0 spiro atoms. The lowest BCUT2D eigenvalue weighted by molar-refractivity contribution is 0.216. The fraction of sp³-hybridized carbons (Fsp3) is 0.419. The molecular formula is C31H39N7O3S. The first-order valence-electron chi connectivity index (χ1n) is 14.5. The minimum atomic E-state index is -3.42. The number of hydrogen-bond acceptors (Lipinski definition) is 8. The monoisotopic (exact) mass is 589 g/mol. The van der Waals surface area contributed by atoms with Crippen molar-refractivity contribution in [2.24, 2.45) is 0 Å². The standard InChI is InChI=1S/C31H39N7O3S/c1-19-17-26(27(41-4)18-24(19)20-9-11-22(12-10-20)37(2)3)34-31-35-29-23(13-15-32-29)30(36-31)33-25-8-6-7-21-14-16-38(28(21)25)42(5,39)40/h6-8,13,15,17-18,20,22H,9-12,14,16H2,1-5H3,(H3,32,33,34,35,36). The van der Waals surface area contributed by atoms with Gasteiger partial charge >= 0.3 is 0 Å². The fourth-order valence-electron chi connectivity index (χ4n) is 6.51. The summed E-state index contributed by atoms with van der Waals surface area (Å²) in [7, 11) is 2.61. The third-order valence-electron chi connectivity index (χ3n) is 8.72. The Kier molecular flexibility index (Phi) is 7.48. The number of methoxy groups -OCH3 is 1. The molecule has 6 rings (SSSR count). The molecule has 0 unspecified atom stereocenters. The molecule has 0 radical (unpaired) electrons. The van der Waals surface area contributed by atoms with E-state index in [-0.39, 0.29) is 0 Å². The van der Waals surface area contributed by atoms with Gasteiger partial charge in [-0.2, -0.15) is 9.97 Å². The number of hydrogen-bond donors (Lipinski definition) is 3. The zero-order valence-corrected chi connectivity index (χ0v) is 25.7. The topological polar surface area (TPSA) is 115 Å². The Labute approximate surface area is 247 Å². The van der Waals surface area contributed by atoms with E-state index in [4.69, 9.17) is 14.7 Å². The van der Waals surface area contributed by atoms with E-state index >= 15 is 0 Å². The molecule has 1 fully saturated rings. The van der Waals surface area contributed by atoms with Crippen molar-refractivity contribution >= 4 is 49.9 Å². The molecule has 1 saturated carbocycles. The molecule has 11 heteroatoms. The molecular weight excluding hydrogens is 550 g/mol. The van der Waals surface area contributed by atoms with Gasteiger partial charge in [0.15, 0.2) is 0 Å². The van der Waals surface area contributed by atoms with Crippen LogP contribution < -0.4 is 19.7 Å². The van der Waals surface area contributed by atoms with Crippen molar-refractivity contribution < 1.29 is 13.2 Å². The number of aromatic nitrogens is 3. The molecule has 4 aromatic rings. The Hall–Kier alpha value is -3.83. The number of ether oxygens (including phenoxy) is 1. The van der Waals surface area contributed by atoms with Crippen LogP contribution in [0.1, 0.15) is 48.3 Å². The normalized spacial score (nSPS) is 18.9. The van der Waals surface area contributed by atoms with Gasteiger partial charge in [-0.3, -0.25) is 4.31 Å². The second kappa shape index (κ2) is 11.1. The number of rotatable bonds is 8. The van der Waals surface area contributed by atoms with Gasteiger partial charge in [-0.05, 0) is 100.0 Å². The Morgan fingerprint density at radius 2 is 1.83 bits per heavy atom. The summed E-state index contributed by atoms with van der Waals surface area (Å²) in [5.74, 6) is 2.24. The van der Waals surface area contributed by atoms with Gasteiger partial charge in [0.05, 0.1) is 35.8 Å². The van der Waals surface area contributed by atoms with E-state index in [0.717, 1.165) is 22.4 Å². The van der Waals surface area contributed by atoms with E-state index in [1.54, 1.807) is 7.11 Å². The first kappa shape index (κ1) is 28.3. The molecule has 3 N–H and O–H groups in total. The smallest absolute Gasteiger partial charge is 0.232 e. The summed E-state index contributed by atoms with van der Waals surface area (Å²) in [6.07, 6.45) is 8.46. The zero-order chi connectivity index (χ0) is 29.6. The minimum Gasteiger partial charge on any atom is -0.495 e. The largest absolute Gasteiger partial charge is 0.495 e. The Balaban J connectivity index is 1.31. The molecule has 1 aliphatic heterocycles. The molecule has 0 amide bonds. The van der Waals surface area contributed by atoms with Crippen LogP contribution in [0.4, 0.5) is 28.8 Å². The summed E-state index contributed by atoms with van der Waals surface area (Å²) in [6, 6.07) is 12.6. The highest BCUT2D eigenvalue weighted by Gasteiger charge is 2.29. The molecule has 0 atom stereocenters. The summed E-state index contributed by atoms with van der Waals surface area (Å²) in [4.78, 5) is 15.1. The molecule has 1 aliphatic carbocycles. The third-order valence-corrected chi connectivity index (χ3v) is 9.89. The van der Waals surface area contributed by atoms with E-state index in [9.17, 15) is 8.42 Å². The van der Waals surface area contributed by atoms with Gasteiger partial charge in [0.2, 0.25) is 16.0 Å². The summed E-state index contributed by atoms with van der Waals surface area (Å²) in [5.41, 5.74) is 6.35. The lowest BCUT2D eigenvalue weighted by Crippen LogP contribution is -2.31. The lowest BCUT2D eigenvalue weighted by atomic mass is 9.80. The predicted molar refractivity (Wildman–Crippen MR) is 169 cm³/mol. The molecule has 3 heterocycles. The maximum absolute atomic E-state index is 12.5. The van der Waals surface area contributed by atoms with Gasteiger partial charge < -0.3 is 25.3 Å². The number of H-pyrrole nitrogens is 1. The van der Waals surface area contributed by atoms with Crippen molar-refractivity contribution in [2.45, 2.75) is 51.0 Å². The molecule has 2 aromatic carbocycles.